The van der Waals surface area contributed by atoms with Gasteiger partial charge < -0.3 is 10.0 Å². The number of likely N-dealkylation sites (tertiary alicyclic amines) is 1. The zero-order chi connectivity index (χ0) is 7.78. The van der Waals surface area contributed by atoms with Gasteiger partial charge in [-0.2, -0.15) is 0 Å². The van der Waals surface area contributed by atoms with Crippen LogP contribution in [0.2, 0.25) is 0 Å². The number of hydrogen-bond donors (Lipinski definition) is 1. The molecule has 1 fully saturated rings. The summed E-state index contributed by atoms with van der Waals surface area (Å²) in [6.07, 6.45) is 0.199. The Morgan fingerprint density at radius 2 is 2.20 bits per heavy atom. The Kier molecular flexibility index (Phi) is 1.58. The average Bonchev–Trinajstić information content (AvgIpc) is 2.10. The number of hydrogen-bond acceptors (Lipinski definition) is 1. The minimum Gasteiger partial charge on any atom is -0.465 e. The molecule has 0 atom stereocenters. The van der Waals surface area contributed by atoms with Gasteiger partial charge in [0.15, 0.2) is 0 Å². The maximum atomic E-state index is 10.4. The molecule has 3 heteroatoms. The first-order chi connectivity index (χ1) is 4.51. The maximum absolute atomic E-state index is 10.4. The number of amides is 1. The Morgan fingerprint density at radius 1 is 1.60 bits per heavy atom. The smallest absolute Gasteiger partial charge is 0.407 e. The van der Waals surface area contributed by atoms with Gasteiger partial charge in [0.1, 0.15) is 0 Å². The predicted octanol–water partition coefficient (Wildman–Crippen LogP) is 1.40. The number of rotatable bonds is 0. The Morgan fingerprint density at radius 3 is 2.40 bits per heavy atom. The second-order valence-electron chi connectivity index (χ2n) is 3.62. The summed E-state index contributed by atoms with van der Waals surface area (Å²) in [5.41, 5.74) is 0.193. The highest BCUT2D eigenvalue weighted by Gasteiger charge is 2.31. The zero-order valence-corrected chi connectivity index (χ0v) is 6.42. The van der Waals surface area contributed by atoms with Crippen molar-refractivity contribution in [2.45, 2.75) is 20.3 Å². The van der Waals surface area contributed by atoms with Crippen molar-refractivity contribution in [1.82, 2.24) is 4.90 Å². The van der Waals surface area contributed by atoms with Crippen LogP contribution in [0.1, 0.15) is 20.3 Å². The van der Waals surface area contributed by atoms with Crippen molar-refractivity contribution in [2.24, 2.45) is 5.41 Å². The second-order valence-corrected chi connectivity index (χ2v) is 3.62. The molecule has 1 rings (SSSR count). The third kappa shape index (κ3) is 1.40. The molecule has 1 amide bonds. The lowest BCUT2D eigenvalue weighted by Crippen LogP contribution is -2.28. The Labute approximate surface area is 60.6 Å². The molecule has 0 saturated carbocycles. The molecule has 1 N–H and O–H groups in total. The van der Waals surface area contributed by atoms with Gasteiger partial charge in [-0.05, 0) is 11.8 Å². The van der Waals surface area contributed by atoms with E-state index < -0.39 is 6.09 Å². The van der Waals surface area contributed by atoms with Crippen molar-refractivity contribution in [2.75, 3.05) is 13.1 Å². The largest absolute Gasteiger partial charge is 0.465 e. The molecule has 0 bridgehead atoms. The van der Waals surface area contributed by atoms with E-state index in [2.05, 4.69) is 13.8 Å². The molecule has 0 aromatic rings. The third-order valence-corrected chi connectivity index (χ3v) is 1.95. The van der Waals surface area contributed by atoms with Crippen molar-refractivity contribution < 1.29 is 9.90 Å². The van der Waals surface area contributed by atoms with Gasteiger partial charge in [0.2, 0.25) is 0 Å². The summed E-state index contributed by atoms with van der Waals surface area (Å²) in [7, 11) is 0. The van der Waals surface area contributed by atoms with E-state index >= 15 is 0 Å². The van der Waals surface area contributed by atoms with E-state index in [0.717, 1.165) is 6.42 Å². The first-order valence-electron chi connectivity index (χ1n) is 3.49. The van der Waals surface area contributed by atoms with Crippen molar-refractivity contribution in [3.8, 4) is 0 Å². The van der Waals surface area contributed by atoms with Crippen LogP contribution in [0.4, 0.5) is 4.79 Å². The van der Waals surface area contributed by atoms with Gasteiger partial charge in [-0.25, -0.2) is 4.79 Å². The van der Waals surface area contributed by atoms with Crippen LogP contribution in [-0.2, 0) is 0 Å². The first-order valence-corrected chi connectivity index (χ1v) is 3.49. The van der Waals surface area contributed by atoms with E-state index in [9.17, 15) is 4.79 Å². The van der Waals surface area contributed by atoms with E-state index in [1.807, 2.05) is 0 Å². The van der Waals surface area contributed by atoms with Gasteiger partial charge in [-0.3, -0.25) is 0 Å². The van der Waals surface area contributed by atoms with Crippen LogP contribution < -0.4 is 0 Å². The Bertz CT molecular complexity index is 154. The van der Waals surface area contributed by atoms with Gasteiger partial charge in [0, 0.05) is 13.1 Å². The molecular weight excluding hydrogens is 130 g/mol. The molecular formula is C7H13NO2. The Balaban J connectivity index is 2.51. The quantitative estimate of drug-likeness (QED) is 0.556. The van der Waals surface area contributed by atoms with Crippen LogP contribution in [0.5, 0.6) is 0 Å². The van der Waals surface area contributed by atoms with E-state index in [1.54, 1.807) is 0 Å². The summed E-state index contributed by atoms with van der Waals surface area (Å²) in [5.74, 6) is 0. The molecule has 3 nitrogen and oxygen atoms in total. The van der Waals surface area contributed by atoms with Crippen LogP contribution in [-0.4, -0.2) is 29.2 Å². The highest BCUT2D eigenvalue weighted by Crippen LogP contribution is 2.28. The van der Waals surface area contributed by atoms with Crippen molar-refractivity contribution >= 4 is 6.09 Å². The average molecular weight is 143 g/mol. The van der Waals surface area contributed by atoms with Gasteiger partial charge in [-0.1, -0.05) is 13.8 Å². The molecule has 0 aliphatic carbocycles. The molecule has 0 aromatic carbocycles. The molecule has 0 spiro atoms. The lowest BCUT2D eigenvalue weighted by atomic mass is 9.93. The van der Waals surface area contributed by atoms with Crippen LogP contribution in [0, 0.1) is 5.41 Å². The summed E-state index contributed by atoms with van der Waals surface area (Å²) in [6, 6.07) is 0. The topological polar surface area (TPSA) is 40.5 Å². The van der Waals surface area contributed by atoms with Crippen molar-refractivity contribution in [3.05, 3.63) is 0 Å². The molecule has 1 aliphatic rings. The lowest BCUT2D eigenvalue weighted by molar-refractivity contribution is 0.151. The fourth-order valence-corrected chi connectivity index (χ4v) is 1.28. The minimum atomic E-state index is -0.787. The molecule has 58 valence electrons. The monoisotopic (exact) mass is 143 g/mol. The number of carbonyl (C=O) groups is 1. The lowest BCUT2D eigenvalue weighted by Gasteiger charge is -2.16. The van der Waals surface area contributed by atoms with E-state index in [4.69, 9.17) is 5.11 Å². The highest BCUT2D eigenvalue weighted by molar-refractivity contribution is 5.65. The van der Waals surface area contributed by atoms with Crippen molar-refractivity contribution in [3.63, 3.8) is 0 Å². The fraction of sp³-hybridized carbons (Fsp3) is 0.857. The maximum Gasteiger partial charge on any atom is 0.407 e. The summed E-state index contributed by atoms with van der Waals surface area (Å²) >= 11 is 0. The Hall–Kier alpha value is -0.730. The minimum absolute atomic E-state index is 0.193. The number of nitrogens with zero attached hydrogens (tertiary/aromatic N) is 1. The number of carboxylic acid groups (broad SMARTS) is 1. The fourth-order valence-electron chi connectivity index (χ4n) is 1.28. The van der Waals surface area contributed by atoms with Crippen LogP contribution in [0.15, 0.2) is 0 Å². The van der Waals surface area contributed by atoms with Gasteiger partial charge in [0.05, 0.1) is 0 Å². The predicted molar refractivity (Wildman–Crippen MR) is 38.0 cm³/mol. The van der Waals surface area contributed by atoms with Gasteiger partial charge in [-0.15, -0.1) is 0 Å². The van der Waals surface area contributed by atoms with Crippen LogP contribution >= 0.6 is 0 Å². The molecule has 0 aromatic heterocycles. The van der Waals surface area contributed by atoms with E-state index in [0.29, 0.717) is 13.1 Å². The first kappa shape index (κ1) is 7.38. The molecule has 0 radical (unpaired) electrons. The summed E-state index contributed by atoms with van der Waals surface area (Å²) < 4.78 is 0. The van der Waals surface area contributed by atoms with Gasteiger partial charge in [0.25, 0.3) is 0 Å². The van der Waals surface area contributed by atoms with Crippen LogP contribution in [0.3, 0.4) is 0 Å². The summed E-state index contributed by atoms with van der Waals surface area (Å²) in [6.45, 7) is 5.57. The second kappa shape index (κ2) is 2.15. The molecule has 1 heterocycles. The zero-order valence-electron chi connectivity index (χ0n) is 6.42. The summed E-state index contributed by atoms with van der Waals surface area (Å²) in [4.78, 5) is 11.9. The molecule has 10 heavy (non-hydrogen) atoms. The normalized spacial score (nSPS) is 23.2. The van der Waals surface area contributed by atoms with E-state index in [1.165, 1.54) is 4.90 Å². The van der Waals surface area contributed by atoms with E-state index in [-0.39, 0.29) is 5.41 Å². The molecule has 1 saturated heterocycles. The SMILES string of the molecule is CC1(C)CCN(C(=O)O)C1. The standard InChI is InChI=1S/C7H13NO2/c1-7(2)3-4-8(5-7)6(9)10/h3-5H2,1-2H3,(H,9,10). The third-order valence-electron chi connectivity index (χ3n) is 1.95. The van der Waals surface area contributed by atoms with Crippen LogP contribution in [0.25, 0.3) is 0 Å². The molecule has 0 unspecified atom stereocenters. The van der Waals surface area contributed by atoms with Gasteiger partial charge >= 0.3 is 6.09 Å². The highest BCUT2D eigenvalue weighted by atomic mass is 16.4. The summed E-state index contributed by atoms with van der Waals surface area (Å²) in [5, 5.41) is 8.57. The van der Waals surface area contributed by atoms with Crippen molar-refractivity contribution in [1.29, 1.82) is 0 Å². The molecule has 1 aliphatic heterocycles.